The molecule has 3 heteroatoms. The second-order valence-electron chi connectivity index (χ2n) is 4.89. The first kappa shape index (κ1) is 10.9. The van der Waals surface area contributed by atoms with Crippen molar-refractivity contribution in [2.45, 2.75) is 31.3 Å². The number of hydrogen-bond donors (Lipinski definition) is 2. The third-order valence-electron chi connectivity index (χ3n) is 3.80. The van der Waals surface area contributed by atoms with E-state index in [-0.39, 0.29) is 12.1 Å². The molecule has 0 radical (unpaired) electrons. The first-order valence-electron chi connectivity index (χ1n) is 6.44. The highest BCUT2D eigenvalue weighted by molar-refractivity contribution is 5.90. The topological polar surface area (TPSA) is 41.1 Å². The van der Waals surface area contributed by atoms with Crippen molar-refractivity contribution in [1.29, 1.82) is 0 Å². The monoisotopic (exact) mass is 230 g/mol. The van der Waals surface area contributed by atoms with E-state index < -0.39 is 0 Å². The van der Waals surface area contributed by atoms with E-state index in [2.05, 4.69) is 28.8 Å². The van der Waals surface area contributed by atoms with Gasteiger partial charge < -0.3 is 10.6 Å². The molecule has 2 heterocycles. The molecule has 2 atom stereocenters. The molecule has 1 aromatic rings. The minimum absolute atomic E-state index is 0.0543. The Morgan fingerprint density at radius 2 is 2.06 bits per heavy atom. The van der Waals surface area contributed by atoms with Crippen molar-refractivity contribution in [3.8, 4) is 0 Å². The summed E-state index contributed by atoms with van der Waals surface area (Å²) in [5.74, 6) is 0.314. The van der Waals surface area contributed by atoms with Crippen LogP contribution in [0.5, 0.6) is 0 Å². The van der Waals surface area contributed by atoms with Crippen molar-refractivity contribution in [2.75, 3.05) is 13.1 Å². The van der Waals surface area contributed by atoms with Crippen molar-refractivity contribution in [1.82, 2.24) is 10.6 Å². The molecular formula is C14H18N2O. The average molecular weight is 230 g/mol. The molecule has 0 spiro atoms. The first-order valence-corrected chi connectivity index (χ1v) is 6.44. The molecule has 1 unspecified atom stereocenters. The van der Waals surface area contributed by atoms with Crippen LogP contribution in [-0.2, 0) is 11.2 Å². The summed E-state index contributed by atoms with van der Waals surface area (Å²) in [6.45, 7) is 1.88. The Bertz CT molecular complexity index is 424. The second-order valence-corrected chi connectivity index (χ2v) is 4.89. The van der Waals surface area contributed by atoms with Gasteiger partial charge in [-0.25, -0.2) is 0 Å². The minimum atomic E-state index is -0.101. The van der Waals surface area contributed by atoms with E-state index in [1.54, 1.807) is 0 Å². The van der Waals surface area contributed by atoms with Crippen LogP contribution in [0.15, 0.2) is 24.3 Å². The van der Waals surface area contributed by atoms with E-state index in [1.165, 1.54) is 11.1 Å². The largest absolute Gasteiger partial charge is 0.307 e. The third kappa shape index (κ3) is 2.01. The van der Waals surface area contributed by atoms with Crippen molar-refractivity contribution in [3.63, 3.8) is 0 Å². The van der Waals surface area contributed by atoms with E-state index in [9.17, 15) is 4.79 Å². The number of ketones is 1. The third-order valence-corrected chi connectivity index (χ3v) is 3.80. The molecule has 2 aliphatic rings. The summed E-state index contributed by atoms with van der Waals surface area (Å²) in [6, 6.07) is 8.25. The summed E-state index contributed by atoms with van der Waals surface area (Å²) >= 11 is 0. The normalized spacial score (nSPS) is 27.8. The molecule has 0 amide bonds. The highest BCUT2D eigenvalue weighted by Crippen LogP contribution is 2.25. The smallest absolute Gasteiger partial charge is 0.171 e. The lowest BCUT2D eigenvalue weighted by Gasteiger charge is -2.27. The lowest BCUT2D eigenvalue weighted by atomic mass is 9.89. The van der Waals surface area contributed by atoms with Crippen molar-refractivity contribution >= 4 is 5.78 Å². The number of rotatable bonds is 2. The van der Waals surface area contributed by atoms with Crippen molar-refractivity contribution in [2.24, 2.45) is 0 Å². The number of carbonyl (C=O) groups is 1. The molecule has 17 heavy (non-hydrogen) atoms. The van der Waals surface area contributed by atoms with Gasteiger partial charge in [0.2, 0.25) is 0 Å². The van der Waals surface area contributed by atoms with Crippen LogP contribution in [0.25, 0.3) is 0 Å². The molecule has 0 aromatic heterocycles. The molecule has 1 saturated heterocycles. The van der Waals surface area contributed by atoms with Gasteiger partial charge >= 0.3 is 0 Å². The Morgan fingerprint density at radius 1 is 1.18 bits per heavy atom. The minimum Gasteiger partial charge on any atom is -0.307 e. The zero-order chi connectivity index (χ0) is 11.7. The molecular weight excluding hydrogens is 212 g/mol. The molecule has 2 aliphatic heterocycles. The van der Waals surface area contributed by atoms with E-state index in [4.69, 9.17) is 0 Å². The molecule has 1 aromatic carbocycles. The zero-order valence-corrected chi connectivity index (χ0v) is 9.91. The lowest BCUT2D eigenvalue weighted by Crippen LogP contribution is -2.43. The zero-order valence-electron chi connectivity index (χ0n) is 9.91. The van der Waals surface area contributed by atoms with Crippen LogP contribution in [0.3, 0.4) is 0 Å². The number of nitrogens with one attached hydrogen (secondary N) is 2. The van der Waals surface area contributed by atoms with E-state index >= 15 is 0 Å². The summed E-state index contributed by atoms with van der Waals surface area (Å²) in [7, 11) is 0. The summed E-state index contributed by atoms with van der Waals surface area (Å²) in [4.78, 5) is 12.4. The number of hydrogen-bond acceptors (Lipinski definition) is 3. The van der Waals surface area contributed by atoms with Crippen LogP contribution in [0, 0.1) is 0 Å². The summed E-state index contributed by atoms with van der Waals surface area (Å²) in [5.41, 5.74) is 2.50. The van der Waals surface area contributed by atoms with Gasteiger partial charge in [0.15, 0.2) is 5.78 Å². The van der Waals surface area contributed by atoms with Gasteiger partial charge in [0.25, 0.3) is 0 Å². The predicted octanol–water partition coefficient (Wildman–Crippen LogP) is 1.19. The average Bonchev–Trinajstić information content (AvgIpc) is 2.91. The van der Waals surface area contributed by atoms with E-state index in [0.29, 0.717) is 5.78 Å². The Hall–Kier alpha value is -1.19. The molecule has 3 rings (SSSR count). The fraction of sp³-hybridized carbons (Fsp3) is 0.500. The number of fused-ring (bicyclic) bond motifs is 1. The summed E-state index contributed by atoms with van der Waals surface area (Å²) < 4.78 is 0. The van der Waals surface area contributed by atoms with Crippen molar-refractivity contribution < 1.29 is 4.79 Å². The van der Waals surface area contributed by atoms with Gasteiger partial charge in [-0.2, -0.15) is 0 Å². The van der Waals surface area contributed by atoms with Gasteiger partial charge in [-0.15, -0.1) is 0 Å². The van der Waals surface area contributed by atoms with Crippen LogP contribution in [-0.4, -0.2) is 24.9 Å². The van der Waals surface area contributed by atoms with Crippen LogP contribution in [0.1, 0.15) is 30.0 Å². The quantitative estimate of drug-likeness (QED) is 0.802. The number of benzene rings is 1. The molecule has 0 bridgehead atoms. The molecule has 90 valence electrons. The molecule has 2 N–H and O–H groups in total. The summed E-state index contributed by atoms with van der Waals surface area (Å²) in [5, 5.41) is 6.66. The van der Waals surface area contributed by atoms with Crippen LogP contribution in [0.4, 0.5) is 0 Å². The van der Waals surface area contributed by atoms with Gasteiger partial charge in [-0.3, -0.25) is 4.79 Å². The highest BCUT2D eigenvalue weighted by atomic mass is 16.1. The number of Topliss-reactive ketones (excluding diaryl/α,β-unsaturated/α-hetero) is 1. The Kier molecular flexibility index (Phi) is 2.95. The maximum atomic E-state index is 12.4. The molecule has 3 nitrogen and oxygen atoms in total. The Balaban J connectivity index is 1.86. The molecule has 0 saturated carbocycles. The Labute approximate surface area is 102 Å². The maximum absolute atomic E-state index is 12.4. The molecule has 1 fully saturated rings. The van der Waals surface area contributed by atoms with Crippen LogP contribution < -0.4 is 10.6 Å². The van der Waals surface area contributed by atoms with Gasteiger partial charge in [0, 0.05) is 6.54 Å². The highest BCUT2D eigenvalue weighted by Gasteiger charge is 2.32. The van der Waals surface area contributed by atoms with E-state index in [0.717, 1.165) is 32.4 Å². The molecule has 0 aliphatic carbocycles. The van der Waals surface area contributed by atoms with Crippen molar-refractivity contribution in [3.05, 3.63) is 35.4 Å². The predicted molar refractivity (Wildman–Crippen MR) is 66.9 cm³/mol. The van der Waals surface area contributed by atoms with Crippen LogP contribution >= 0.6 is 0 Å². The lowest BCUT2D eigenvalue weighted by molar-refractivity contribution is -0.123. The fourth-order valence-electron chi connectivity index (χ4n) is 2.89. The number of carbonyl (C=O) groups excluding carboxylic acids is 1. The van der Waals surface area contributed by atoms with Gasteiger partial charge in [-0.1, -0.05) is 24.3 Å². The van der Waals surface area contributed by atoms with Gasteiger partial charge in [-0.05, 0) is 36.9 Å². The van der Waals surface area contributed by atoms with Gasteiger partial charge in [0.1, 0.15) is 0 Å². The maximum Gasteiger partial charge on any atom is 0.171 e. The van der Waals surface area contributed by atoms with Gasteiger partial charge in [0.05, 0.1) is 12.1 Å². The second kappa shape index (κ2) is 4.59. The fourth-order valence-corrected chi connectivity index (χ4v) is 2.89. The van der Waals surface area contributed by atoms with Crippen LogP contribution in [0.2, 0.25) is 0 Å². The summed E-state index contributed by atoms with van der Waals surface area (Å²) in [6.07, 6.45) is 3.13. The van der Waals surface area contributed by atoms with E-state index in [1.807, 2.05) is 6.07 Å². The SMILES string of the molecule is O=C(C1NCCc2ccccc21)[C@@H]1CCCN1. The Morgan fingerprint density at radius 3 is 2.88 bits per heavy atom. The standard InChI is InChI=1S/C14H18N2O/c17-14(12-6-3-8-15-12)13-11-5-2-1-4-10(11)7-9-16-13/h1-2,4-5,12-13,15-16H,3,6-9H2/t12-,13?/m0/s1. The first-order chi connectivity index (χ1) is 8.36.